The van der Waals surface area contributed by atoms with Crippen LogP contribution >= 0.6 is 0 Å². The van der Waals surface area contributed by atoms with Gasteiger partial charge in [-0.2, -0.15) is 0 Å². The Morgan fingerprint density at radius 2 is 1.89 bits per heavy atom. The molecular weight excluding hydrogens is 374 g/mol. The van der Waals surface area contributed by atoms with Crippen molar-refractivity contribution < 1.29 is 12.8 Å². The van der Waals surface area contributed by atoms with E-state index in [0.29, 0.717) is 18.1 Å². The van der Waals surface area contributed by atoms with Crippen molar-refractivity contribution in [2.45, 2.75) is 37.6 Å². The highest BCUT2D eigenvalue weighted by Crippen LogP contribution is 2.23. The lowest BCUT2D eigenvalue weighted by Crippen LogP contribution is -2.30. The first-order valence-electron chi connectivity index (χ1n) is 9.33. The van der Waals surface area contributed by atoms with Crippen LogP contribution in [0.25, 0.3) is 0 Å². The summed E-state index contributed by atoms with van der Waals surface area (Å²) in [7, 11) is -3.66. The van der Waals surface area contributed by atoms with Crippen molar-refractivity contribution in [3.05, 3.63) is 72.8 Å². The average Bonchev–Trinajstić information content (AvgIpc) is 3.22. The van der Waals surface area contributed by atoms with Crippen molar-refractivity contribution in [2.75, 3.05) is 16.2 Å². The lowest BCUT2D eigenvalue weighted by Gasteiger charge is -2.23. The third kappa shape index (κ3) is 4.72. The third-order valence-electron chi connectivity index (χ3n) is 4.45. The van der Waals surface area contributed by atoms with Gasteiger partial charge in [0.2, 0.25) is 0 Å². The predicted octanol–water partition coefficient (Wildman–Crippen LogP) is 4.32. The van der Waals surface area contributed by atoms with E-state index in [0.717, 1.165) is 18.6 Å². The van der Waals surface area contributed by atoms with Gasteiger partial charge in [0.15, 0.2) is 0 Å². The van der Waals surface area contributed by atoms with E-state index in [2.05, 4.69) is 17.2 Å². The number of furan rings is 1. The lowest BCUT2D eigenvalue weighted by atomic mass is 10.1. The molecule has 0 aliphatic heterocycles. The highest BCUT2D eigenvalue weighted by Gasteiger charge is 2.23. The van der Waals surface area contributed by atoms with Crippen LogP contribution in [0.15, 0.2) is 76.4 Å². The van der Waals surface area contributed by atoms with Crippen molar-refractivity contribution in [3.8, 4) is 0 Å². The zero-order valence-electron chi connectivity index (χ0n) is 16.1. The zero-order valence-corrected chi connectivity index (χ0v) is 16.9. The van der Waals surface area contributed by atoms with Crippen LogP contribution in [-0.4, -0.2) is 26.0 Å². The van der Waals surface area contributed by atoms with Crippen LogP contribution in [0.1, 0.15) is 26.0 Å². The number of nitrogens with zero attached hydrogens (tertiary/aromatic N) is 2. The van der Waals surface area contributed by atoms with Crippen molar-refractivity contribution in [3.63, 3.8) is 0 Å². The van der Waals surface area contributed by atoms with Crippen LogP contribution in [-0.2, 0) is 16.4 Å². The molecule has 148 valence electrons. The van der Waals surface area contributed by atoms with Crippen molar-refractivity contribution in [2.24, 2.45) is 0 Å². The van der Waals surface area contributed by atoms with Crippen molar-refractivity contribution in [1.82, 2.24) is 4.98 Å². The van der Waals surface area contributed by atoms with E-state index in [1.807, 2.05) is 37.3 Å². The Labute approximate surface area is 166 Å². The maximum atomic E-state index is 13.0. The molecule has 0 aliphatic rings. The fourth-order valence-corrected chi connectivity index (χ4v) is 4.39. The normalized spacial score (nSPS) is 12.5. The molecule has 6 nitrogen and oxygen atoms in total. The molecule has 2 heterocycles. The SMILES string of the molecule is CCN(c1ccccc1)S(=O)(=O)c1ccc(NC(C)CCc2ccco2)nc1. The smallest absolute Gasteiger partial charge is 0.265 e. The molecule has 0 radical (unpaired) electrons. The number of nitrogens with one attached hydrogen (secondary N) is 1. The van der Waals surface area contributed by atoms with Gasteiger partial charge in [-0.05, 0) is 56.7 Å². The maximum Gasteiger partial charge on any atom is 0.265 e. The molecule has 7 heteroatoms. The fraction of sp³-hybridized carbons (Fsp3) is 0.286. The number of aromatic nitrogens is 1. The molecule has 0 amide bonds. The molecule has 3 rings (SSSR count). The van der Waals surface area contributed by atoms with Gasteiger partial charge in [0.05, 0.1) is 12.0 Å². The van der Waals surface area contributed by atoms with Gasteiger partial charge < -0.3 is 9.73 Å². The number of pyridine rings is 1. The Morgan fingerprint density at radius 1 is 1.11 bits per heavy atom. The third-order valence-corrected chi connectivity index (χ3v) is 6.34. The molecule has 1 atom stereocenters. The zero-order chi connectivity index (χ0) is 20.0. The largest absolute Gasteiger partial charge is 0.469 e. The monoisotopic (exact) mass is 399 g/mol. The van der Waals surface area contributed by atoms with Gasteiger partial charge in [-0.1, -0.05) is 18.2 Å². The summed E-state index contributed by atoms with van der Waals surface area (Å²) in [4.78, 5) is 4.47. The van der Waals surface area contributed by atoms with E-state index in [-0.39, 0.29) is 10.9 Å². The number of hydrogen-bond donors (Lipinski definition) is 1. The van der Waals surface area contributed by atoms with Gasteiger partial charge in [-0.25, -0.2) is 13.4 Å². The molecule has 0 aliphatic carbocycles. The highest BCUT2D eigenvalue weighted by atomic mass is 32.2. The molecular formula is C21H25N3O3S. The van der Waals surface area contributed by atoms with Crippen molar-refractivity contribution >= 4 is 21.5 Å². The summed E-state index contributed by atoms with van der Waals surface area (Å²) < 4.78 is 32.7. The van der Waals surface area contributed by atoms with Crippen LogP contribution in [0.3, 0.4) is 0 Å². The molecule has 1 N–H and O–H groups in total. The molecule has 0 bridgehead atoms. The molecule has 2 aromatic heterocycles. The van der Waals surface area contributed by atoms with Gasteiger partial charge in [0.1, 0.15) is 16.5 Å². The molecule has 28 heavy (non-hydrogen) atoms. The Bertz CT molecular complexity index is 956. The van der Waals surface area contributed by atoms with Crippen LogP contribution in [0.2, 0.25) is 0 Å². The topological polar surface area (TPSA) is 75.4 Å². The number of hydrogen-bond acceptors (Lipinski definition) is 5. The van der Waals surface area contributed by atoms with E-state index in [4.69, 9.17) is 4.42 Å². The van der Waals surface area contributed by atoms with Crippen molar-refractivity contribution in [1.29, 1.82) is 0 Å². The first-order chi connectivity index (χ1) is 13.5. The molecule has 0 fully saturated rings. The number of anilines is 2. The Morgan fingerprint density at radius 3 is 2.50 bits per heavy atom. The fourth-order valence-electron chi connectivity index (χ4n) is 2.97. The van der Waals surface area contributed by atoms with E-state index in [9.17, 15) is 8.42 Å². The summed E-state index contributed by atoms with van der Waals surface area (Å²) in [6.45, 7) is 4.22. The number of para-hydroxylation sites is 1. The highest BCUT2D eigenvalue weighted by molar-refractivity contribution is 7.92. The van der Waals surface area contributed by atoms with Crippen LogP contribution in [0, 0.1) is 0 Å². The van der Waals surface area contributed by atoms with E-state index in [1.54, 1.807) is 30.5 Å². The Hall–Kier alpha value is -2.80. The quantitative estimate of drug-likeness (QED) is 0.580. The van der Waals surface area contributed by atoms with Crippen LogP contribution < -0.4 is 9.62 Å². The number of aryl methyl sites for hydroxylation is 1. The first-order valence-corrected chi connectivity index (χ1v) is 10.8. The molecule has 0 spiro atoms. The Balaban J connectivity index is 1.67. The molecule has 0 saturated carbocycles. The number of rotatable bonds is 9. The predicted molar refractivity (Wildman–Crippen MR) is 111 cm³/mol. The maximum absolute atomic E-state index is 13.0. The first kappa shape index (κ1) is 19.9. The second-order valence-electron chi connectivity index (χ2n) is 6.55. The molecule has 1 aromatic carbocycles. The minimum absolute atomic E-state index is 0.173. The molecule has 3 aromatic rings. The minimum Gasteiger partial charge on any atom is -0.469 e. The van der Waals surface area contributed by atoms with Gasteiger partial charge in [0, 0.05) is 25.2 Å². The minimum atomic E-state index is -3.66. The summed E-state index contributed by atoms with van der Waals surface area (Å²) in [5, 5.41) is 3.30. The Kier molecular flexibility index (Phi) is 6.36. The van der Waals surface area contributed by atoms with Gasteiger partial charge >= 0.3 is 0 Å². The van der Waals surface area contributed by atoms with Gasteiger partial charge in [-0.15, -0.1) is 0 Å². The van der Waals surface area contributed by atoms with E-state index >= 15 is 0 Å². The van der Waals surface area contributed by atoms with Gasteiger partial charge in [-0.3, -0.25) is 4.31 Å². The molecule has 1 unspecified atom stereocenters. The summed E-state index contributed by atoms with van der Waals surface area (Å²) in [5.74, 6) is 1.59. The second-order valence-corrected chi connectivity index (χ2v) is 8.41. The van der Waals surface area contributed by atoms with Crippen LogP contribution in [0.4, 0.5) is 11.5 Å². The summed E-state index contributed by atoms with van der Waals surface area (Å²) >= 11 is 0. The molecule has 0 saturated heterocycles. The van der Waals surface area contributed by atoms with E-state index in [1.165, 1.54) is 10.5 Å². The second kappa shape index (κ2) is 8.93. The summed E-state index contributed by atoms with van der Waals surface area (Å²) in [5.41, 5.74) is 0.638. The van der Waals surface area contributed by atoms with Gasteiger partial charge in [0.25, 0.3) is 10.0 Å². The summed E-state index contributed by atoms with van der Waals surface area (Å²) in [6, 6.07) is 16.4. The number of sulfonamides is 1. The number of benzene rings is 1. The summed E-state index contributed by atoms with van der Waals surface area (Å²) in [6.07, 6.45) is 4.79. The average molecular weight is 400 g/mol. The van der Waals surface area contributed by atoms with E-state index < -0.39 is 10.0 Å². The standard InChI is InChI=1S/C21H25N3O3S/c1-3-24(18-8-5-4-6-9-18)28(25,26)20-13-14-21(22-16-20)23-17(2)11-12-19-10-7-15-27-19/h4-10,13-17H,3,11-12H2,1-2H3,(H,22,23). The van der Waals surface area contributed by atoms with Crippen LogP contribution in [0.5, 0.6) is 0 Å². The lowest BCUT2D eigenvalue weighted by molar-refractivity contribution is 0.495.